The average molecular weight is 516 g/mol. The van der Waals surface area contributed by atoms with Gasteiger partial charge in [-0.2, -0.15) is 0 Å². The lowest BCUT2D eigenvalue weighted by atomic mass is 10.1. The third-order valence-corrected chi connectivity index (χ3v) is 6.71. The first-order valence-corrected chi connectivity index (χ1v) is 13.1. The van der Waals surface area contributed by atoms with Gasteiger partial charge < -0.3 is 24.3 Å². The maximum atomic E-state index is 11.1. The molecule has 0 saturated carbocycles. The van der Waals surface area contributed by atoms with E-state index in [-0.39, 0.29) is 24.8 Å². The highest BCUT2D eigenvalue weighted by Gasteiger charge is 2.21. The van der Waals surface area contributed by atoms with E-state index in [1.54, 1.807) is 6.20 Å². The van der Waals surface area contributed by atoms with Crippen LogP contribution in [0.1, 0.15) is 55.8 Å². The smallest absolute Gasteiger partial charge is 0.231 e. The molecular weight excluding hydrogens is 482 g/mol. The Bertz CT molecular complexity index is 1320. The van der Waals surface area contributed by atoms with Crippen molar-refractivity contribution in [3.63, 3.8) is 0 Å². The van der Waals surface area contributed by atoms with E-state index < -0.39 is 0 Å². The van der Waals surface area contributed by atoms with Gasteiger partial charge in [-0.15, -0.1) is 0 Å². The van der Waals surface area contributed by atoms with E-state index in [1.807, 2.05) is 52.9 Å². The number of aromatic nitrogens is 3. The largest absolute Gasteiger partial charge is 0.369 e. The van der Waals surface area contributed by atoms with E-state index in [0.717, 1.165) is 67.1 Å². The number of benzene rings is 1. The van der Waals surface area contributed by atoms with Crippen LogP contribution in [-0.2, 0) is 20.8 Å². The molecule has 2 aliphatic heterocycles. The topological polar surface area (TPSA) is 109 Å². The fourth-order valence-corrected chi connectivity index (χ4v) is 4.68. The average Bonchev–Trinajstić information content (AvgIpc) is 3.59. The first kappa shape index (κ1) is 25.9. The highest BCUT2D eigenvalue weighted by Crippen LogP contribution is 2.25. The number of nitrogens with two attached hydrogens (primary N) is 1. The predicted molar refractivity (Wildman–Crippen MR) is 142 cm³/mol. The molecule has 38 heavy (non-hydrogen) atoms. The Balaban J connectivity index is 1.18. The fraction of sp³-hybridized carbons (Fsp3) is 0.414. The number of amides is 1. The third-order valence-electron chi connectivity index (χ3n) is 6.71. The number of primary amides is 1. The van der Waals surface area contributed by atoms with Crippen LogP contribution in [0.3, 0.4) is 0 Å². The first-order chi connectivity index (χ1) is 18.5. The van der Waals surface area contributed by atoms with Crippen LogP contribution in [0.5, 0.6) is 0 Å². The molecule has 2 atom stereocenters. The van der Waals surface area contributed by atoms with Crippen LogP contribution in [0.2, 0.25) is 0 Å². The Kier molecular flexibility index (Phi) is 8.34. The molecule has 9 heteroatoms. The summed E-state index contributed by atoms with van der Waals surface area (Å²) in [6.45, 7) is 5.05. The third kappa shape index (κ3) is 6.78. The Morgan fingerprint density at radius 3 is 2.87 bits per heavy atom. The van der Waals surface area contributed by atoms with Crippen molar-refractivity contribution in [1.29, 1.82) is 0 Å². The molecule has 0 aliphatic carbocycles. The van der Waals surface area contributed by atoms with Crippen LogP contribution < -0.4 is 5.73 Å². The molecule has 0 radical (unpaired) electrons. The second kappa shape index (κ2) is 12.2. The molecule has 2 N–H and O–H groups in total. The molecule has 1 aromatic carbocycles. The van der Waals surface area contributed by atoms with Gasteiger partial charge in [0.05, 0.1) is 13.1 Å². The molecule has 1 unspecified atom stereocenters. The Hall–Kier alpha value is -3.71. The molecule has 0 spiro atoms. The molecule has 2 aromatic heterocycles. The number of rotatable bonds is 8. The molecule has 198 valence electrons. The number of hydrogen-bond acceptors (Lipinski definition) is 7. The minimum Gasteiger partial charge on any atom is -0.369 e. The zero-order chi connectivity index (χ0) is 26.3. The summed E-state index contributed by atoms with van der Waals surface area (Å²) in [6, 6.07) is 9.88. The summed E-state index contributed by atoms with van der Waals surface area (Å²) in [5.74, 6) is 7.70. The summed E-state index contributed by atoms with van der Waals surface area (Å²) in [6.07, 6.45) is 9.34. The summed E-state index contributed by atoms with van der Waals surface area (Å²) < 4.78 is 19.5. The van der Waals surface area contributed by atoms with Gasteiger partial charge in [-0.25, -0.2) is 4.98 Å². The van der Waals surface area contributed by atoms with Crippen molar-refractivity contribution in [3.05, 3.63) is 71.5 Å². The molecule has 1 fully saturated rings. The number of imidazole rings is 1. The van der Waals surface area contributed by atoms with Crippen molar-refractivity contribution in [2.75, 3.05) is 26.2 Å². The van der Waals surface area contributed by atoms with Gasteiger partial charge in [-0.05, 0) is 56.9 Å². The summed E-state index contributed by atoms with van der Waals surface area (Å²) >= 11 is 0. The van der Waals surface area contributed by atoms with Crippen LogP contribution >= 0.6 is 0 Å². The van der Waals surface area contributed by atoms with Crippen molar-refractivity contribution in [1.82, 2.24) is 19.6 Å². The van der Waals surface area contributed by atoms with E-state index >= 15 is 0 Å². The lowest BCUT2D eigenvalue weighted by Crippen LogP contribution is -2.36. The minimum absolute atomic E-state index is 0.173. The van der Waals surface area contributed by atoms with Crippen molar-refractivity contribution in [2.45, 2.75) is 51.5 Å². The Morgan fingerprint density at radius 2 is 2.13 bits per heavy atom. The fourth-order valence-electron chi connectivity index (χ4n) is 4.68. The highest BCUT2D eigenvalue weighted by molar-refractivity contribution is 5.76. The van der Waals surface area contributed by atoms with Gasteiger partial charge in [0.2, 0.25) is 5.91 Å². The summed E-state index contributed by atoms with van der Waals surface area (Å²) in [5, 5.41) is 4.27. The first-order valence-electron chi connectivity index (χ1n) is 13.1. The molecular formula is C29H33N5O4. The molecule has 1 amide bonds. The minimum atomic E-state index is -0.303. The zero-order valence-electron chi connectivity index (χ0n) is 21.6. The second-order valence-electron chi connectivity index (χ2n) is 9.68. The number of hydrogen-bond donors (Lipinski definition) is 1. The van der Waals surface area contributed by atoms with Crippen molar-refractivity contribution in [3.8, 4) is 23.2 Å². The maximum Gasteiger partial charge on any atom is 0.231 e. The van der Waals surface area contributed by atoms with Gasteiger partial charge >= 0.3 is 0 Å². The summed E-state index contributed by atoms with van der Waals surface area (Å²) in [4.78, 5) is 17.6. The number of carbonyl (C=O) groups excluding carboxylic acids is 1. The van der Waals surface area contributed by atoms with Crippen molar-refractivity contribution in [2.24, 2.45) is 5.73 Å². The van der Waals surface area contributed by atoms with Crippen LogP contribution in [0, 0.1) is 11.8 Å². The quantitative estimate of drug-likeness (QED) is 0.456. The van der Waals surface area contributed by atoms with Crippen molar-refractivity contribution < 1.29 is 18.8 Å². The molecule has 9 nitrogen and oxygen atoms in total. The normalized spacial score (nSPS) is 18.9. The molecule has 5 rings (SSSR count). The zero-order valence-corrected chi connectivity index (χ0v) is 21.6. The van der Waals surface area contributed by atoms with Gasteiger partial charge in [-0.3, -0.25) is 9.69 Å². The number of nitrogens with zero attached hydrogens (tertiary/aromatic N) is 4. The van der Waals surface area contributed by atoms with Crippen molar-refractivity contribution >= 4 is 5.91 Å². The van der Waals surface area contributed by atoms with Gasteiger partial charge in [0.1, 0.15) is 17.6 Å². The number of carbonyl (C=O) groups is 1. The molecule has 3 aromatic rings. The highest BCUT2D eigenvalue weighted by atomic mass is 16.7. The monoisotopic (exact) mass is 515 g/mol. The molecule has 4 heterocycles. The van der Waals surface area contributed by atoms with Crippen LogP contribution in [-0.4, -0.2) is 58.0 Å². The van der Waals surface area contributed by atoms with Crippen LogP contribution in [0.4, 0.5) is 0 Å². The van der Waals surface area contributed by atoms with E-state index in [4.69, 9.17) is 19.7 Å². The number of ether oxygens (including phenoxy) is 2. The van der Waals surface area contributed by atoms with Gasteiger partial charge in [0, 0.05) is 54.9 Å². The molecule has 1 saturated heterocycles. The van der Waals surface area contributed by atoms with Gasteiger partial charge in [0.25, 0.3) is 0 Å². The standard InChI is InChI=1S/C29H33N5O4/c1-21(37-28-4-2-3-17-36-28)29-31-13-16-34(29)19-25-18-26(38-32-25)24-9-7-22(8-10-24)5-6-23-11-14-33(15-12-23)20-27(30)35/h7-11,13,16,18,21,28H,2-4,12,14-15,17,19-20H2,1H3,(H2,30,35)/t21-,28?/m0/s1. The Labute approximate surface area is 222 Å². The van der Waals surface area contributed by atoms with E-state index in [9.17, 15) is 4.79 Å². The van der Waals surface area contributed by atoms with E-state index in [0.29, 0.717) is 18.8 Å². The molecule has 2 aliphatic rings. The molecule has 0 bridgehead atoms. The second-order valence-corrected chi connectivity index (χ2v) is 9.68. The van der Waals surface area contributed by atoms with E-state index in [2.05, 4.69) is 28.1 Å². The SMILES string of the molecule is C[C@H](OC1CCCCO1)c1nccn1Cc1cc(-c2ccc(C#CC3=CCN(CC(N)=O)CC3)cc2)on1. The van der Waals surface area contributed by atoms with Crippen LogP contribution in [0.15, 0.2) is 58.9 Å². The maximum absolute atomic E-state index is 11.1. The van der Waals surface area contributed by atoms with E-state index in [1.165, 1.54) is 0 Å². The van der Waals surface area contributed by atoms with Gasteiger partial charge in [0.15, 0.2) is 12.1 Å². The van der Waals surface area contributed by atoms with Gasteiger partial charge in [-0.1, -0.05) is 23.1 Å². The summed E-state index contributed by atoms with van der Waals surface area (Å²) in [5.41, 5.74) is 9.02. The lowest BCUT2D eigenvalue weighted by Gasteiger charge is -2.26. The van der Waals surface area contributed by atoms with Crippen LogP contribution in [0.25, 0.3) is 11.3 Å². The lowest BCUT2D eigenvalue weighted by molar-refractivity contribution is -0.188. The summed E-state index contributed by atoms with van der Waals surface area (Å²) in [7, 11) is 0. The predicted octanol–water partition coefficient (Wildman–Crippen LogP) is 3.66. The Morgan fingerprint density at radius 1 is 1.26 bits per heavy atom.